The molecular formula is C13H12N2O3. The molecule has 1 aromatic heterocycles. The lowest BCUT2D eigenvalue weighted by atomic mass is 10.2. The highest BCUT2D eigenvalue weighted by molar-refractivity contribution is 5.88. The summed E-state index contributed by atoms with van der Waals surface area (Å²) in [6.07, 6.45) is 1.25. The Morgan fingerprint density at radius 1 is 1.33 bits per heavy atom. The molecule has 0 spiro atoms. The van der Waals surface area contributed by atoms with Gasteiger partial charge in [-0.15, -0.1) is 0 Å². The fourth-order valence-corrected chi connectivity index (χ4v) is 1.45. The van der Waals surface area contributed by atoms with Gasteiger partial charge < -0.3 is 9.84 Å². The zero-order valence-corrected chi connectivity index (χ0v) is 9.83. The topological polar surface area (TPSA) is 72.3 Å². The summed E-state index contributed by atoms with van der Waals surface area (Å²) in [5.41, 5.74) is 1.48. The zero-order valence-electron chi connectivity index (χ0n) is 9.83. The van der Waals surface area contributed by atoms with Crippen LogP contribution < -0.4 is 4.74 Å². The number of ether oxygens (including phenoxy) is 1. The third-order valence-corrected chi connectivity index (χ3v) is 2.40. The highest BCUT2D eigenvalue weighted by Crippen LogP contribution is 2.10. The standard InChI is InChI=1S/C13H12N2O3/c1-9-11(12(16)17)7-14-13(15-9)18-8-10-5-3-2-4-6-10/h2-7H,8H2,1H3,(H,16,17). The van der Waals surface area contributed by atoms with E-state index < -0.39 is 5.97 Å². The number of hydrogen-bond donors (Lipinski definition) is 1. The van der Waals surface area contributed by atoms with Crippen LogP contribution in [0.5, 0.6) is 6.01 Å². The van der Waals surface area contributed by atoms with Crippen LogP contribution in [0.1, 0.15) is 21.6 Å². The molecule has 0 fully saturated rings. The molecule has 0 unspecified atom stereocenters. The molecule has 92 valence electrons. The van der Waals surface area contributed by atoms with Gasteiger partial charge in [0.1, 0.15) is 6.61 Å². The summed E-state index contributed by atoms with van der Waals surface area (Å²) in [6, 6.07) is 9.79. The van der Waals surface area contributed by atoms with Crippen molar-refractivity contribution in [2.75, 3.05) is 0 Å². The zero-order chi connectivity index (χ0) is 13.0. The van der Waals surface area contributed by atoms with Gasteiger partial charge in [-0.2, -0.15) is 4.98 Å². The van der Waals surface area contributed by atoms with Gasteiger partial charge in [0.05, 0.1) is 11.3 Å². The van der Waals surface area contributed by atoms with E-state index in [1.54, 1.807) is 6.92 Å². The molecule has 0 atom stereocenters. The highest BCUT2D eigenvalue weighted by Gasteiger charge is 2.10. The number of rotatable bonds is 4. The van der Waals surface area contributed by atoms with Gasteiger partial charge >= 0.3 is 12.0 Å². The molecule has 0 bridgehead atoms. The molecule has 5 heteroatoms. The number of carbonyl (C=O) groups is 1. The fraction of sp³-hybridized carbons (Fsp3) is 0.154. The summed E-state index contributed by atoms with van der Waals surface area (Å²) in [5, 5.41) is 8.84. The highest BCUT2D eigenvalue weighted by atomic mass is 16.5. The van der Waals surface area contributed by atoms with Gasteiger partial charge in [0, 0.05) is 6.20 Å². The van der Waals surface area contributed by atoms with E-state index in [0.717, 1.165) is 5.56 Å². The van der Waals surface area contributed by atoms with Crippen molar-refractivity contribution in [1.82, 2.24) is 9.97 Å². The lowest BCUT2D eigenvalue weighted by Crippen LogP contribution is -2.06. The second-order valence-corrected chi connectivity index (χ2v) is 3.73. The van der Waals surface area contributed by atoms with E-state index in [1.807, 2.05) is 30.3 Å². The number of hydrogen-bond acceptors (Lipinski definition) is 4. The monoisotopic (exact) mass is 244 g/mol. The van der Waals surface area contributed by atoms with Gasteiger partial charge in [-0.25, -0.2) is 9.78 Å². The molecule has 5 nitrogen and oxygen atoms in total. The van der Waals surface area contributed by atoms with Gasteiger partial charge in [-0.1, -0.05) is 30.3 Å². The molecule has 0 amide bonds. The van der Waals surface area contributed by atoms with E-state index in [-0.39, 0.29) is 11.6 Å². The second kappa shape index (κ2) is 5.27. The van der Waals surface area contributed by atoms with E-state index >= 15 is 0 Å². The van der Waals surface area contributed by atoms with Gasteiger partial charge in [0.2, 0.25) is 0 Å². The number of carboxylic acid groups (broad SMARTS) is 1. The molecule has 18 heavy (non-hydrogen) atoms. The van der Waals surface area contributed by atoms with Crippen LogP contribution in [-0.2, 0) is 6.61 Å². The number of aromatic carboxylic acids is 1. The maximum Gasteiger partial charge on any atom is 0.339 e. The Morgan fingerprint density at radius 3 is 2.67 bits per heavy atom. The normalized spacial score (nSPS) is 10.1. The molecule has 0 aliphatic carbocycles. The molecule has 1 heterocycles. The number of carboxylic acids is 1. The third kappa shape index (κ3) is 2.82. The molecule has 0 saturated heterocycles. The average Bonchev–Trinajstić information content (AvgIpc) is 2.37. The number of benzene rings is 1. The van der Waals surface area contributed by atoms with Crippen molar-refractivity contribution in [2.24, 2.45) is 0 Å². The summed E-state index contributed by atoms with van der Waals surface area (Å²) >= 11 is 0. The minimum atomic E-state index is -1.04. The van der Waals surface area contributed by atoms with Crippen LogP contribution in [0, 0.1) is 6.92 Å². The lowest BCUT2D eigenvalue weighted by molar-refractivity contribution is 0.0695. The third-order valence-electron chi connectivity index (χ3n) is 2.40. The SMILES string of the molecule is Cc1nc(OCc2ccccc2)ncc1C(=O)O. The van der Waals surface area contributed by atoms with E-state index in [4.69, 9.17) is 9.84 Å². The van der Waals surface area contributed by atoms with Crippen LogP contribution in [0.4, 0.5) is 0 Å². The summed E-state index contributed by atoms with van der Waals surface area (Å²) in [5.74, 6) is -1.04. The van der Waals surface area contributed by atoms with E-state index in [9.17, 15) is 4.79 Å². The lowest BCUT2D eigenvalue weighted by Gasteiger charge is -2.06. The number of aromatic nitrogens is 2. The van der Waals surface area contributed by atoms with Crippen molar-refractivity contribution in [2.45, 2.75) is 13.5 Å². The number of nitrogens with zero attached hydrogens (tertiary/aromatic N) is 2. The van der Waals surface area contributed by atoms with Crippen LogP contribution in [0.2, 0.25) is 0 Å². The second-order valence-electron chi connectivity index (χ2n) is 3.73. The minimum Gasteiger partial charge on any atom is -0.478 e. The first kappa shape index (κ1) is 12.0. The Morgan fingerprint density at radius 2 is 2.06 bits per heavy atom. The number of aryl methyl sites for hydroxylation is 1. The molecule has 2 rings (SSSR count). The smallest absolute Gasteiger partial charge is 0.339 e. The summed E-state index contributed by atoms with van der Waals surface area (Å²) in [6.45, 7) is 1.97. The largest absolute Gasteiger partial charge is 0.478 e. The van der Waals surface area contributed by atoms with Crippen molar-refractivity contribution < 1.29 is 14.6 Å². The van der Waals surface area contributed by atoms with Crippen LogP contribution in [0.3, 0.4) is 0 Å². The van der Waals surface area contributed by atoms with Crippen LogP contribution in [-0.4, -0.2) is 21.0 Å². The van der Waals surface area contributed by atoms with Crippen molar-refractivity contribution >= 4 is 5.97 Å². The Labute approximate surface area is 104 Å². The van der Waals surface area contributed by atoms with Crippen molar-refractivity contribution in [1.29, 1.82) is 0 Å². The molecule has 0 aliphatic rings. The van der Waals surface area contributed by atoms with E-state index in [0.29, 0.717) is 12.3 Å². The Bertz CT molecular complexity index is 555. The van der Waals surface area contributed by atoms with Gasteiger partial charge in [-0.3, -0.25) is 0 Å². The quantitative estimate of drug-likeness (QED) is 0.891. The predicted octanol–water partition coefficient (Wildman–Crippen LogP) is 2.06. The van der Waals surface area contributed by atoms with E-state index in [1.165, 1.54) is 6.20 Å². The predicted molar refractivity (Wildman–Crippen MR) is 64.5 cm³/mol. The van der Waals surface area contributed by atoms with Crippen LogP contribution in [0.15, 0.2) is 36.5 Å². The fourth-order valence-electron chi connectivity index (χ4n) is 1.45. The molecular weight excluding hydrogens is 232 g/mol. The van der Waals surface area contributed by atoms with Crippen molar-refractivity contribution in [3.8, 4) is 6.01 Å². The molecule has 0 radical (unpaired) electrons. The average molecular weight is 244 g/mol. The maximum atomic E-state index is 10.8. The van der Waals surface area contributed by atoms with Crippen molar-refractivity contribution in [3.63, 3.8) is 0 Å². The summed E-state index contributed by atoms with van der Waals surface area (Å²) in [4.78, 5) is 18.6. The Balaban J connectivity index is 2.07. The first-order valence-corrected chi connectivity index (χ1v) is 5.40. The Hall–Kier alpha value is -2.43. The van der Waals surface area contributed by atoms with E-state index in [2.05, 4.69) is 9.97 Å². The first-order chi connectivity index (χ1) is 8.66. The Kier molecular flexibility index (Phi) is 3.52. The summed E-state index contributed by atoms with van der Waals surface area (Å²) < 4.78 is 5.39. The van der Waals surface area contributed by atoms with Crippen LogP contribution >= 0.6 is 0 Å². The van der Waals surface area contributed by atoms with Gasteiger partial charge in [0.25, 0.3) is 0 Å². The molecule has 2 aromatic rings. The maximum absolute atomic E-state index is 10.8. The molecule has 1 N–H and O–H groups in total. The molecule has 0 aliphatic heterocycles. The van der Waals surface area contributed by atoms with Crippen LogP contribution in [0.25, 0.3) is 0 Å². The molecule has 1 aromatic carbocycles. The van der Waals surface area contributed by atoms with Crippen molar-refractivity contribution in [3.05, 3.63) is 53.3 Å². The minimum absolute atomic E-state index is 0.0852. The van der Waals surface area contributed by atoms with Gasteiger partial charge in [-0.05, 0) is 12.5 Å². The first-order valence-electron chi connectivity index (χ1n) is 5.40. The van der Waals surface area contributed by atoms with Gasteiger partial charge in [0.15, 0.2) is 0 Å². The molecule has 0 saturated carbocycles. The summed E-state index contributed by atoms with van der Waals surface area (Å²) in [7, 11) is 0.